The van der Waals surface area contributed by atoms with Crippen molar-refractivity contribution in [2.24, 2.45) is 0 Å². The predicted molar refractivity (Wildman–Crippen MR) is 244 cm³/mol. The molecule has 0 aromatic rings. The molecule has 0 aliphatic heterocycles. The van der Waals surface area contributed by atoms with Crippen LogP contribution < -0.4 is 5.32 Å². The van der Waals surface area contributed by atoms with Crippen molar-refractivity contribution in [2.75, 3.05) is 6.61 Å². The molecule has 4 nitrogen and oxygen atoms in total. The van der Waals surface area contributed by atoms with Gasteiger partial charge in [-0.3, -0.25) is 4.79 Å². The Kier molecular flexibility index (Phi) is 44.4. The van der Waals surface area contributed by atoms with Crippen LogP contribution in [0.25, 0.3) is 0 Å². The summed E-state index contributed by atoms with van der Waals surface area (Å²) in [6.07, 6.45) is 66.0. The molecule has 0 spiro atoms. The van der Waals surface area contributed by atoms with Gasteiger partial charge in [0.15, 0.2) is 0 Å². The monoisotopic (exact) mass is 766 g/mol. The maximum atomic E-state index is 12.4. The summed E-state index contributed by atoms with van der Waals surface area (Å²) in [5.74, 6) is -0.0895. The molecule has 0 fully saturated rings. The number of aliphatic hydroxyl groups excluding tert-OH is 2. The molecule has 0 heterocycles. The van der Waals surface area contributed by atoms with Crippen LogP contribution in [0.4, 0.5) is 0 Å². The van der Waals surface area contributed by atoms with Gasteiger partial charge in [0.25, 0.3) is 0 Å². The quantitative estimate of drug-likeness (QED) is 0.0428. The van der Waals surface area contributed by atoms with Crippen molar-refractivity contribution in [3.63, 3.8) is 0 Å². The van der Waals surface area contributed by atoms with Gasteiger partial charge in [0.05, 0.1) is 18.8 Å². The van der Waals surface area contributed by atoms with Crippen molar-refractivity contribution in [2.45, 2.75) is 238 Å². The van der Waals surface area contributed by atoms with Gasteiger partial charge in [-0.25, -0.2) is 0 Å². The summed E-state index contributed by atoms with van der Waals surface area (Å²) in [7, 11) is 0. The van der Waals surface area contributed by atoms with Gasteiger partial charge in [-0.15, -0.1) is 0 Å². The summed E-state index contributed by atoms with van der Waals surface area (Å²) in [5.41, 5.74) is 0. The van der Waals surface area contributed by atoms with Crippen LogP contribution in [0, 0.1) is 0 Å². The first-order chi connectivity index (χ1) is 27.2. The second kappa shape index (κ2) is 46.2. The Morgan fingerprint density at radius 1 is 0.455 bits per heavy atom. The molecular weight excluding hydrogens is 675 g/mol. The SMILES string of the molecule is CC/C=C\C/C=C\C/C=C\C/C=C\CCCCCCCCC(=O)NC(CO)C(O)/C=C/CC/C=C/CCCCCCCCCCCCCCCCCCCC. The molecule has 0 aliphatic rings. The van der Waals surface area contributed by atoms with E-state index in [-0.39, 0.29) is 12.5 Å². The summed E-state index contributed by atoms with van der Waals surface area (Å²) in [4.78, 5) is 12.4. The second-order valence-electron chi connectivity index (χ2n) is 15.8. The van der Waals surface area contributed by atoms with Crippen LogP contribution >= 0.6 is 0 Å². The van der Waals surface area contributed by atoms with Crippen molar-refractivity contribution in [3.05, 3.63) is 72.9 Å². The van der Waals surface area contributed by atoms with Gasteiger partial charge >= 0.3 is 0 Å². The Balaban J connectivity index is 3.63. The van der Waals surface area contributed by atoms with E-state index in [9.17, 15) is 15.0 Å². The van der Waals surface area contributed by atoms with Crippen LogP contribution in [0.3, 0.4) is 0 Å². The molecule has 0 saturated heterocycles. The van der Waals surface area contributed by atoms with E-state index in [1.807, 2.05) is 6.08 Å². The maximum Gasteiger partial charge on any atom is 0.220 e. The topological polar surface area (TPSA) is 69.6 Å². The van der Waals surface area contributed by atoms with Crippen molar-refractivity contribution < 1.29 is 15.0 Å². The lowest BCUT2D eigenvalue weighted by Crippen LogP contribution is -2.45. The van der Waals surface area contributed by atoms with Gasteiger partial charge in [0.1, 0.15) is 0 Å². The van der Waals surface area contributed by atoms with Gasteiger partial charge in [-0.2, -0.15) is 0 Å². The van der Waals surface area contributed by atoms with E-state index in [2.05, 4.69) is 79.9 Å². The molecule has 55 heavy (non-hydrogen) atoms. The van der Waals surface area contributed by atoms with Gasteiger partial charge < -0.3 is 15.5 Å². The third kappa shape index (κ3) is 42.8. The number of allylic oxidation sites excluding steroid dienone is 11. The predicted octanol–water partition coefficient (Wildman–Crippen LogP) is 15.1. The molecule has 2 unspecified atom stereocenters. The summed E-state index contributed by atoms with van der Waals surface area (Å²) < 4.78 is 0. The standard InChI is InChI=1S/C51H91NO3/c1-3-5-7-9-11-13-15-17-19-21-23-24-25-26-27-29-30-32-34-36-38-40-42-44-46-50(54)49(48-53)52-51(55)47-45-43-41-39-37-35-33-31-28-22-20-18-16-14-12-10-8-6-4-2/h6,8,12,14,18,20,28,31,36,38,44,46,49-50,53-54H,3-5,7,9-11,13,15-17,19,21-27,29-30,32-35,37,39-43,45,47-48H2,1-2H3,(H,52,55)/b8-6-,14-12-,20-18-,31-28-,38-36+,46-44+. The fourth-order valence-corrected chi connectivity index (χ4v) is 6.83. The van der Waals surface area contributed by atoms with Crippen molar-refractivity contribution >= 4 is 5.91 Å². The average Bonchev–Trinajstić information content (AvgIpc) is 3.19. The Bertz CT molecular complexity index is 961. The minimum absolute atomic E-state index is 0.0895. The Labute approximate surface area is 342 Å². The molecule has 0 aliphatic carbocycles. The molecule has 0 aromatic carbocycles. The van der Waals surface area contributed by atoms with Crippen LogP contribution in [-0.4, -0.2) is 34.9 Å². The molecule has 0 radical (unpaired) electrons. The van der Waals surface area contributed by atoms with Crippen molar-refractivity contribution in [1.82, 2.24) is 5.32 Å². The zero-order chi connectivity index (χ0) is 40.0. The van der Waals surface area contributed by atoms with Crippen LogP contribution in [0.15, 0.2) is 72.9 Å². The molecule has 0 bridgehead atoms. The second-order valence-corrected chi connectivity index (χ2v) is 15.8. The number of amides is 1. The molecule has 0 saturated carbocycles. The highest BCUT2D eigenvalue weighted by Crippen LogP contribution is 2.15. The number of unbranched alkanes of at least 4 members (excludes halogenated alkanes) is 25. The molecule has 0 aromatic heterocycles. The molecule has 318 valence electrons. The number of nitrogens with one attached hydrogen (secondary N) is 1. The van der Waals surface area contributed by atoms with Crippen molar-refractivity contribution in [1.29, 1.82) is 0 Å². The van der Waals surface area contributed by atoms with E-state index in [0.717, 1.165) is 70.6 Å². The molecule has 1 amide bonds. The van der Waals surface area contributed by atoms with E-state index in [4.69, 9.17) is 0 Å². The van der Waals surface area contributed by atoms with E-state index in [1.165, 1.54) is 135 Å². The van der Waals surface area contributed by atoms with Crippen LogP contribution in [0.2, 0.25) is 0 Å². The number of hydrogen-bond donors (Lipinski definition) is 3. The first-order valence-corrected chi connectivity index (χ1v) is 23.7. The third-order valence-corrected chi connectivity index (χ3v) is 10.4. The summed E-state index contributed by atoms with van der Waals surface area (Å²) in [6, 6.07) is -0.651. The summed E-state index contributed by atoms with van der Waals surface area (Å²) in [5, 5.41) is 23.0. The number of carbonyl (C=O) groups is 1. The van der Waals surface area contributed by atoms with Crippen LogP contribution in [0.5, 0.6) is 0 Å². The van der Waals surface area contributed by atoms with Gasteiger partial charge in [-0.1, -0.05) is 222 Å². The average molecular weight is 766 g/mol. The number of aliphatic hydroxyl groups is 2. The fourth-order valence-electron chi connectivity index (χ4n) is 6.83. The summed E-state index contributed by atoms with van der Waals surface area (Å²) in [6.45, 7) is 4.18. The van der Waals surface area contributed by atoms with E-state index < -0.39 is 12.1 Å². The summed E-state index contributed by atoms with van der Waals surface area (Å²) >= 11 is 0. The third-order valence-electron chi connectivity index (χ3n) is 10.4. The number of hydrogen-bond acceptors (Lipinski definition) is 3. The highest BCUT2D eigenvalue weighted by atomic mass is 16.3. The lowest BCUT2D eigenvalue weighted by Gasteiger charge is -2.19. The zero-order valence-electron chi connectivity index (χ0n) is 36.4. The number of carbonyl (C=O) groups excluding carboxylic acids is 1. The fraction of sp³-hybridized carbons (Fsp3) is 0.745. The minimum atomic E-state index is -0.872. The van der Waals surface area contributed by atoms with E-state index in [0.29, 0.717) is 6.42 Å². The number of rotatable bonds is 42. The van der Waals surface area contributed by atoms with E-state index in [1.54, 1.807) is 6.08 Å². The Hall–Kier alpha value is -2.17. The van der Waals surface area contributed by atoms with E-state index >= 15 is 0 Å². The molecule has 4 heteroatoms. The maximum absolute atomic E-state index is 12.4. The Morgan fingerprint density at radius 3 is 1.27 bits per heavy atom. The highest BCUT2D eigenvalue weighted by molar-refractivity contribution is 5.76. The lowest BCUT2D eigenvalue weighted by atomic mass is 10.0. The molecule has 2 atom stereocenters. The molecular formula is C51H91NO3. The van der Waals surface area contributed by atoms with Crippen LogP contribution in [-0.2, 0) is 4.79 Å². The van der Waals surface area contributed by atoms with Crippen LogP contribution in [0.1, 0.15) is 226 Å². The van der Waals surface area contributed by atoms with Crippen molar-refractivity contribution in [3.8, 4) is 0 Å². The normalized spacial score (nSPS) is 13.6. The van der Waals surface area contributed by atoms with Gasteiger partial charge in [0, 0.05) is 6.42 Å². The molecule has 0 rings (SSSR count). The lowest BCUT2D eigenvalue weighted by molar-refractivity contribution is -0.123. The zero-order valence-corrected chi connectivity index (χ0v) is 36.4. The smallest absolute Gasteiger partial charge is 0.220 e. The van der Waals surface area contributed by atoms with Gasteiger partial charge in [0.2, 0.25) is 5.91 Å². The largest absolute Gasteiger partial charge is 0.394 e. The highest BCUT2D eigenvalue weighted by Gasteiger charge is 2.17. The first kappa shape index (κ1) is 52.8. The minimum Gasteiger partial charge on any atom is -0.394 e. The first-order valence-electron chi connectivity index (χ1n) is 23.7. The van der Waals surface area contributed by atoms with Gasteiger partial charge in [-0.05, 0) is 70.6 Å². The molecule has 3 N–H and O–H groups in total. The Morgan fingerprint density at radius 2 is 0.818 bits per heavy atom.